The van der Waals surface area contributed by atoms with Crippen LogP contribution in [0, 0.1) is 12.3 Å². The van der Waals surface area contributed by atoms with E-state index in [0.29, 0.717) is 6.54 Å². The van der Waals surface area contributed by atoms with Crippen LogP contribution in [-0.2, 0) is 9.53 Å². The Kier molecular flexibility index (Phi) is 7.00. The van der Waals surface area contributed by atoms with E-state index in [2.05, 4.69) is 16.6 Å². The van der Waals surface area contributed by atoms with E-state index in [4.69, 9.17) is 11.2 Å². The first-order valence-corrected chi connectivity index (χ1v) is 7.35. The highest BCUT2D eigenvalue weighted by atomic mass is 16.5. The highest BCUT2D eigenvalue weighted by Gasteiger charge is 2.26. The SMILES string of the molecule is C#CC(CC)(CC)NC(=O)CN(C)CC1CNCCO1. The van der Waals surface area contributed by atoms with Crippen molar-refractivity contribution in [1.82, 2.24) is 15.5 Å². The number of rotatable bonds is 7. The van der Waals surface area contributed by atoms with Crippen LogP contribution < -0.4 is 10.6 Å². The number of likely N-dealkylation sites (N-methyl/N-ethyl adjacent to an activating group) is 1. The van der Waals surface area contributed by atoms with Crippen LogP contribution in [0.2, 0.25) is 0 Å². The van der Waals surface area contributed by atoms with Crippen LogP contribution in [0.25, 0.3) is 0 Å². The quantitative estimate of drug-likeness (QED) is 0.655. The number of hydrogen-bond acceptors (Lipinski definition) is 4. The molecule has 0 saturated carbocycles. The molecule has 0 aliphatic carbocycles. The summed E-state index contributed by atoms with van der Waals surface area (Å²) in [5.74, 6) is 2.69. The molecule has 1 fully saturated rings. The van der Waals surface area contributed by atoms with Crippen molar-refractivity contribution in [3.63, 3.8) is 0 Å². The van der Waals surface area contributed by atoms with E-state index < -0.39 is 5.54 Å². The molecule has 1 saturated heterocycles. The number of ether oxygens (including phenoxy) is 1. The summed E-state index contributed by atoms with van der Waals surface area (Å²) < 4.78 is 5.63. The Morgan fingerprint density at radius 2 is 2.25 bits per heavy atom. The second-order valence-electron chi connectivity index (χ2n) is 5.38. The number of morpholine rings is 1. The monoisotopic (exact) mass is 281 g/mol. The number of carbonyl (C=O) groups excluding carboxylic acids is 1. The third-order valence-electron chi connectivity index (χ3n) is 3.80. The Labute approximate surface area is 122 Å². The van der Waals surface area contributed by atoms with Gasteiger partial charge in [-0.05, 0) is 19.9 Å². The zero-order chi connectivity index (χ0) is 15.0. The zero-order valence-electron chi connectivity index (χ0n) is 12.9. The van der Waals surface area contributed by atoms with Gasteiger partial charge >= 0.3 is 0 Å². The van der Waals surface area contributed by atoms with Gasteiger partial charge in [0, 0.05) is 19.6 Å². The van der Waals surface area contributed by atoms with Crippen LogP contribution in [0.15, 0.2) is 0 Å². The molecule has 1 amide bonds. The smallest absolute Gasteiger partial charge is 0.235 e. The molecule has 1 rings (SSSR count). The normalized spacial score (nSPS) is 19.6. The van der Waals surface area contributed by atoms with Gasteiger partial charge in [0.15, 0.2) is 0 Å². The maximum atomic E-state index is 12.1. The summed E-state index contributed by atoms with van der Waals surface area (Å²) in [5, 5.41) is 6.25. The number of nitrogens with zero attached hydrogens (tertiary/aromatic N) is 1. The van der Waals surface area contributed by atoms with E-state index in [0.717, 1.165) is 39.1 Å². The van der Waals surface area contributed by atoms with Gasteiger partial charge in [-0.15, -0.1) is 6.42 Å². The van der Waals surface area contributed by atoms with E-state index in [1.165, 1.54) is 0 Å². The second kappa shape index (κ2) is 8.25. The maximum Gasteiger partial charge on any atom is 0.235 e. The van der Waals surface area contributed by atoms with Crippen LogP contribution in [-0.4, -0.2) is 62.3 Å². The summed E-state index contributed by atoms with van der Waals surface area (Å²) in [5.41, 5.74) is -0.513. The predicted octanol–water partition coefficient (Wildman–Crippen LogP) is 0.215. The highest BCUT2D eigenvalue weighted by molar-refractivity contribution is 5.79. The molecule has 1 aliphatic rings. The zero-order valence-corrected chi connectivity index (χ0v) is 12.9. The first-order chi connectivity index (χ1) is 9.55. The van der Waals surface area contributed by atoms with Gasteiger partial charge in [-0.3, -0.25) is 9.69 Å². The van der Waals surface area contributed by atoms with Crippen molar-refractivity contribution in [3.05, 3.63) is 0 Å². The molecular weight excluding hydrogens is 254 g/mol. The lowest BCUT2D eigenvalue weighted by Gasteiger charge is -2.30. The Morgan fingerprint density at radius 1 is 1.55 bits per heavy atom. The van der Waals surface area contributed by atoms with Gasteiger partial charge in [0.25, 0.3) is 0 Å². The van der Waals surface area contributed by atoms with Crippen LogP contribution in [0.4, 0.5) is 0 Å². The van der Waals surface area contributed by atoms with E-state index >= 15 is 0 Å². The molecule has 5 heteroatoms. The summed E-state index contributed by atoms with van der Waals surface area (Å²) in [6.45, 7) is 7.54. The first-order valence-electron chi connectivity index (χ1n) is 7.35. The Balaban J connectivity index is 2.39. The molecule has 114 valence electrons. The third kappa shape index (κ3) is 5.12. The van der Waals surface area contributed by atoms with Crippen molar-refractivity contribution >= 4 is 5.91 Å². The lowest BCUT2D eigenvalue weighted by Crippen LogP contribution is -2.51. The molecule has 5 nitrogen and oxygen atoms in total. The molecule has 1 atom stereocenters. The molecule has 0 aromatic rings. The molecule has 1 unspecified atom stereocenters. The number of hydrogen-bond donors (Lipinski definition) is 2. The Morgan fingerprint density at radius 3 is 2.75 bits per heavy atom. The molecule has 0 aromatic carbocycles. The molecule has 0 aromatic heterocycles. The van der Waals surface area contributed by atoms with Crippen LogP contribution in [0.5, 0.6) is 0 Å². The van der Waals surface area contributed by atoms with Crippen molar-refractivity contribution in [2.75, 3.05) is 39.8 Å². The average Bonchev–Trinajstić information content (AvgIpc) is 2.45. The summed E-state index contributed by atoms with van der Waals surface area (Å²) in [7, 11) is 1.92. The minimum Gasteiger partial charge on any atom is -0.374 e. The molecule has 0 spiro atoms. The van der Waals surface area contributed by atoms with Crippen LogP contribution in [0.1, 0.15) is 26.7 Å². The Hall–Kier alpha value is -1.09. The minimum absolute atomic E-state index is 0.0297. The standard InChI is InChI=1S/C15H27N3O2/c1-5-15(6-2,7-3)17-14(19)12-18(4)11-13-10-16-8-9-20-13/h1,13,16H,6-12H2,2-4H3,(H,17,19). The van der Waals surface area contributed by atoms with Crippen molar-refractivity contribution in [2.45, 2.75) is 38.3 Å². The van der Waals surface area contributed by atoms with E-state index in [1.54, 1.807) is 0 Å². The molecular formula is C15H27N3O2. The molecule has 0 radical (unpaired) electrons. The fourth-order valence-corrected chi connectivity index (χ4v) is 2.37. The second-order valence-corrected chi connectivity index (χ2v) is 5.38. The fraction of sp³-hybridized carbons (Fsp3) is 0.800. The summed E-state index contributed by atoms with van der Waals surface area (Å²) >= 11 is 0. The lowest BCUT2D eigenvalue weighted by atomic mass is 9.94. The summed E-state index contributed by atoms with van der Waals surface area (Å²) in [6, 6.07) is 0. The van der Waals surface area contributed by atoms with Gasteiger partial charge in [0.1, 0.15) is 5.54 Å². The lowest BCUT2D eigenvalue weighted by molar-refractivity contribution is -0.123. The molecule has 1 aliphatic heterocycles. The van der Waals surface area contributed by atoms with Gasteiger partial charge in [0.2, 0.25) is 5.91 Å². The number of amides is 1. The van der Waals surface area contributed by atoms with Crippen LogP contribution in [0.3, 0.4) is 0 Å². The van der Waals surface area contributed by atoms with E-state index in [9.17, 15) is 4.79 Å². The molecule has 0 bridgehead atoms. The fourth-order valence-electron chi connectivity index (χ4n) is 2.37. The largest absolute Gasteiger partial charge is 0.374 e. The Bertz CT molecular complexity index is 342. The minimum atomic E-state index is -0.513. The van der Waals surface area contributed by atoms with E-state index in [-0.39, 0.29) is 12.0 Å². The van der Waals surface area contributed by atoms with Crippen molar-refractivity contribution in [2.24, 2.45) is 0 Å². The van der Waals surface area contributed by atoms with Gasteiger partial charge in [-0.2, -0.15) is 0 Å². The number of nitrogens with one attached hydrogen (secondary N) is 2. The summed E-state index contributed by atoms with van der Waals surface area (Å²) in [6.07, 6.45) is 7.18. The van der Waals surface area contributed by atoms with Crippen LogP contribution >= 0.6 is 0 Å². The number of terminal acetylenes is 1. The average molecular weight is 281 g/mol. The van der Waals surface area contributed by atoms with E-state index in [1.807, 2.05) is 25.8 Å². The van der Waals surface area contributed by atoms with Gasteiger partial charge in [0.05, 0.1) is 19.3 Å². The predicted molar refractivity (Wildman–Crippen MR) is 80.4 cm³/mol. The van der Waals surface area contributed by atoms with Gasteiger partial charge < -0.3 is 15.4 Å². The topological polar surface area (TPSA) is 53.6 Å². The first kappa shape index (κ1) is 17.0. The van der Waals surface area contributed by atoms with Crippen molar-refractivity contribution in [3.8, 4) is 12.3 Å². The van der Waals surface area contributed by atoms with Gasteiger partial charge in [-0.25, -0.2) is 0 Å². The third-order valence-corrected chi connectivity index (χ3v) is 3.80. The number of carbonyl (C=O) groups is 1. The molecule has 2 N–H and O–H groups in total. The highest BCUT2D eigenvalue weighted by Crippen LogP contribution is 2.13. The van der Waals surface area contributed by atoms with Gasteiger partial charge in [-0.1, -0.05) is 19.8 Å². The summed E-state index contributed by atoms with van der Waals surface area (Å²) in [4.78, 5) is 14.1. The molecule has 1 heterocycles. The maximum absolute atomic E-state index is 12.1. The van der Waals surface area contributed by atoms with Crippen molar-refractivity contribution < 1.29 is 9.53 Å². The molecule has 20 heavy (non-hydrogen) atoms. The van der Waals surface area contributed by atoms with Crippen molar-refractivity contribution in [1.29, 1.82) is 0 Å².